The topological polar surface area (TPSA) is 68.0 Å². The molecule has 0 atom stereocenters. The van der Waals surface area contributed by atoms with Gasteiger partial charge in [-0.1, -0.05) is 13.3 Å². The summed E-state index contributed by atoms with van der Waals surface area (Å²) in [5.74, 6) is 0.707. The van der Waals surface area contributed by atoms with E-state index in [1.54, 1.807) is 16.8 Å². The zero-order valence-electron chi connectivity index (χ0n) is 13.8. The number of hydrogen-bond acceptors (Lipinski definition) is 5. The van der Waals surface area contributed by atoms with Gasteiger partial charge in [0.2, 0.25) is 0 Å². The van der Waals surface area contributed by atoms with Gasteiger partial charge in [0.1, 0.15) is 17.3 Å². The maximum atomic E-state index is 12.9. The van der Waals surface area contributed by atoms with Crippen molar-refractivity contribution in [3.63, 3.8) is 0 Å². The van der Waals surface area contributed by atoms with E-state index in [1.807, 2.05) is 6.07 Å². The van der Waals surface area contributed by atoms with Gasteiger partial charge in [0.25, 0.3) is 0 Å². The lowest BCUT2D eigenvalue weighted by atomic mass is 10.2. The minimum atomic E-state index is -4.50. The molecule has 0 aromatic carbocycles. The number of fused-ring (bicyclic) bond motifs is 1. The van der Waals surface area contributed by atoms with Gasteiger partial charge in [-0.25, -0.2) is 15.0 Å². The molecular weight excluding hydrogens is 333 g/mol. The molecule has 0 unspecified atom stereocenters. The van der Waals surface area contributed by atoms with E-state index >= 15 is 0 Å². The van der Waals surface area contributed by atoms with Crippen LogP contribution in [-0.4, -0.2) is 24.6 Å². The van der Waals surface area contributed by atoms with Gasteiger partial charge in [-0.05, 0) is 19.4 Å². The highest BCUT2D eigenvalue weighted by Crippen LogP contribution is 2.27. The molecule has 0 spiro atoms. The van der Waals surface area contributed by atoms with Crippen LogP contribution in [-0.2, 0) is 19.1 Å². The number of rotatable bonds is 5. The zero-order chi connectivity index (χ0) is 18.0. The van der Waals surface area contributed by atoms with Gasteiger partial charge in [0.15, 0.2) is 5.65 Å². The molecule has 0 saturated carbocycles. The van der Waals surface area contributed by atoms with E-state index < -0.39 is 11.9 Å². The van der Waals surface area contributed by atoms with Gasteiger partial charge in [-0.2, -0.15) is 22.8 Å². The SMILES string of the molecule is CCCc1cc(NCc2nc(C)cc(C(F)(F)F)n2)n2nccc2n1. The molecular formula is C16H17F3N6. The fourth-order valence-electron chi connectivity index (χ4n) is 2.50. The highest BCUT2D eigenvalue weighted by atomic mass is 19.4. The molecule has 0 aliphatic rings. The van der Waals surface area contributed by atoms with Crippen molar-refractivity contribution in [3.8, 4) is 0 Å². The second-order valence-electron chi connectivity index (χ2n) is 5.65. The lowest BCUT2D eigenvalue weighted by Crippen LogP contribution is -2.15. The lowest BCUT2D eigenvalue weighted by molar-refractivity contribution is -0.141. The number of alkyl halides is 3. The van der Waals surface area contributed by atoms with Crippen molar-refractivity contribution in [2.24, 2.45) is 0 Å². The number of halogens is 3. The Morgan fingerprint density at radius 2 is 1.96 bits per heavy atom. The monoisotopic (exact) mass is 350 g/mol. The summed E-state index contributed by atoms with van der Waals surface area (Å²) in [6, 6.07) is 4.54. The third kappa shape index (κ3) is 3.86. The Morgan fingerprint density at radius 1 is 1.16 bits per heavy atom. The third-order valence-electron chi connectivity index (χ3n) is 3.54. The van der Waals surface area contributed by atoms with Gasteiger partial charge in [-0.15, -0.1) is 0 Å². The molecule has 3 heterocycles. The minimum Gasteiger partial charge on any atom is -0.363 e. The van der Waals surface area contributed by atoms with Crippen molar-refractivity contribution in [1.82, 2.24) is 24.6 Å². The van der Waals surface area contributed by atoms with E-state index in [-0.39, 0.29) is 18.1 Å². The predicted molar refractivity (Wildman–Crippen MR) is 86.1 cm³/mol. The van der Waals surface area contributed by atoms with E-state index in [0.717, 1.165) is 24.6 Å². The summed E-state index contributed by atoms with van der Waals surface area (Å²) in [7, 11) is 0. The highest BCUT2D eigenvalue weighted by molar-refractivity contribution is 5.49. The molecule has 3 aromatic heterocycles. The Kier molecular flexibility index (Phi) is 4.56. The molecule has 25 heavy (non-hydrogen) atoms. The quantitative estimate of drug-likeness (QED) is 0.764. The predicted octanol–water partition coefficient (Wildman–Crippen LogP) is 3.41. The normalized spacial score (nSPS) is 11.9. The second kappa shape index (κ2) is 6.66. The summed E-state index contributed by atoms with van der Waals surface area (Å²) >= 11 is 0. The zero-order valence-corrected chi connectivity index (χ0v) is 13.8. The van der Waals surface area contributed by atoms with Crippen LogP contribution in [0.3, 0.4) is 0 Å². The number of anilines is 1. The molecule has 3 rings (SSSR count). The first kappa shape index (κ1) is 17.1. The highest BCUT2D eigenvalue weighted by Gasteiger charge is 2.33. The Balaban J connectivity index is 1.88. The summed E-state index contributed by atoms with van der Waals surface area (Å²) in [6.45, 7) is 3.61. The summed E-state index contributed by atoms with van der Waals surface area (Å²) in [5, 5.41) is 7.24. The summed E-state index contributed by atoms with van der Waals surface area (Å²) in [5.41, 5.74) is 0.890. The molecule has 0 aliphatic carbocycles. The first-order valence-corrected chi connectivity index (χ1v) is 7.86. The van der Waals surface area contributed by atoms with Crippen molar-refractivity contribution >= 4 is 11.5 Å². The van der Waals surface area contributed by atoms with Crippen LogP contribution in [0.1, 0.15) is 36.3 Å². The van der Waals surface area contributed by atoms with Crippen molar-refractivity contribution in [1.29, 1.82) is 0 Å². The van der Waals surface area contributed by atoms with Crippen molar-refractivity contribution in [2.75, 3.05) is 5.32 Å². The summed E-state index contributed by atoms with van der Waals surface area (Å²) < 4.78 is 40.2. The molecule has 0 saturated heterocycles. The summed E-state index contributed by atoms with van der Waals surface area (Å²) in [6.07, 6.45) is -1.14. The third-order valence-corrected chi connectivity index (χ3v) is 3.54. The fraction of sp³-hybridized carbons (Fsp3) is 0.375. The van der Waals surface area contributed by atoms with Gasteiger partial charge in [0, 0.05) is 23.5 Å². The molecule has 1 N–H and O–H groups in total. The van der Waals surface area contributed by atoms with Crippen LogP contribution in [0.5, 0.6) is 0 Å². The van der Waals surface area contributed by atoms with Crippen LogP contribution in [0.25, 0.3) is 5.65 Å². The molecule has 0 radical (unpaired) electrons. The molecule has 9 heteroatoms. The van der Waals surface area contributed by atoms with Gasteiger partial charge < -0.3 is 5.32 Å². The van der Waals surface area contributed by atoms with Crippen LogP contribution in [0.4, 0.5) is 19.0 Å². The van der Waals surface area contributed by atoms with Gasteiger partial charge in [-0.3, -0.25) is 0 Å². The maximum Gasteiger partial charge on any atom is 0.433 e. The van der Waals surface area contributed by atoms with E-state index in [2.05, 4.69) is 32.3 Å². The first-order valence-electron chi connectivity index (χ1n) is 7.86. The van der Waals surface area contributed by atoms with Crippen LogP contribution in [0, 0.1) is 6.92 Å². The Morgan fingerprint density at radius 3 is 2.68 bits per heavy atom. The Labute approximate surface area is 142 Å². The smallest absolute Gasteiger partial charge is 0.363 e. The molecule has 0 fully saturated rings. The van der Waals surface area contributed by atoms with E-state index in [4.69, 9.17) is 0 Å². The van der Waals surface area contributed by atoms with E-state index in [0.29, 0.717) is 11.5 Å². The molecule has 3 aromatic rings. The average Bonchev–Trinajstić information content (AvgIpc) is 3.00. The minimum absolute atomic E-state index is 0.0509. The second-order valence-corrected chi connectivity index (χ2v) is 5.65. The van der Waals surface area contributed by atoms with Crippen LogP contribution < -0.4 is 5.32 Å². The molecule has 0 amide bonds. The number of nitrogens with zero attached hydrogens (tertiary/aromatic N) is 5. The molecule has 0 bridgehead atoms. The summed E-state index contributed by atoms with van der Waals surface area (Å²) in [4.78, 5) is 12.2. The van der Waals surface area contributed by atoms with Gasteiger partial charge in [0.05, 0.1) is 12.7 Å². The van der Waals surface area contributed by atoms with Crippen molar-refractivity contribution < 1.29 is 13.2 Å². The number of nitrogens with one attached hydrogen (secondary N) is 1. The molecule has 6 nitrogen and oxygen atoms in total. The standard InChI is InChI=1S/C16H17F3N6/c1-3-4-11-8-15(25-14(23-11)5-6-21-25)20-9-13-22-10(2)7-12(24-13)16(17,18)19/h5-8,20H,3-4,9H2,1-2H3. The van der Waals surface area contributed by atoms with E-state index in [9.17, 15) is 13.2 Å². The van der Waals surface area contributed by atoms with E-state index in [1.165, 1.54) is 6.92 Å². The Hall–Kier alpha value is -2.71. The number of aryl methyl sites for hydroxylation is 2. The fourth-order valence-corrected chi connectivity index (χ4v) is 2.50. The Bertz CT molecular complexity index is 887. The first-order chi connectivity index (χ1) is 11.9. The number of hydrogen-bond donors (Lipinski definition) is 1. The largest absolute Gasteiger partial charge is 0.433 e. The van der Waals surface area contributed by atoms with Crippen LogP contribution in [0.2, 0.25) is 0 Å². The van der Waals surface area contributed by atoms with Crippen LogP contribution >= 0.6 is 0 Å². The molecule has 132 valence electrons. The van der Waals surface area contributed by atoms with Crippen LogP contribution in [0.15, 0.2) is 24.4 Å². The molecule has 0 aliphatic heterocycles. The number of aromatic nitrogens is 5. The van der Waals surface area contributed by atoms with Crippen molar-refractivity contribution in [3.05, 3.63) is 47.3 Å². The average molecular weight is 350 g/mol. The lowest BCUT2D eigenvalue weighted by Gasteiger charge is -2.12. The maximum absolute atomic E-state index is 12.9. The van der Waals surface area contributed by atoms with Gasteiger partial charge >= 0.3 is 6.18 Å². The van der Waals surface area contributed by atoms with Crippen molar-refractivity contribution in [2.45, 2.75) is 39.4 Å².